The van der Waals surface area contributed by atoms with Crippen LogP contribution in [0.15, 0.2) is 34.9 Å². The van der Waals surface area contributed by atoms with Gasteiger partial charge in [0.25, 0.3) is 0 Å². The molecular formula is C11H6BrCl2FN2. The van der Waals surface area contributed by atoms with E-state index in [0.29, 0.717) is 10.8 Å². The maximum Gasteiger partial charge on any atom is 0.165 e. The Labute approximate surface area is 116 Å². The molecule has 0 unspecified atom stereocenters. The Morgan fingerprint density at radius 3 is 2.71 bits per heavy atom. The van der Waals surface area contributed by atoms with Gasteiger partial charge in [0.05, 0.1) is 15.7 Å². The highest BCUT2D eigenvalue weighted by molar-refractivity contribution is 9.10. The first-order valence-electron chi connectivity index (χ1n) is 4.60. The minimum Gasteiger partial charge on any atom is -0.337 e. The molecule has 2 aromatic rings. The monoisotopic (exact) mass is 334 g/mol. The predicted octanol–water partition coefficient (Wildman–Crippen LogP) is 5.03. The number of nitrogens with one attached hydrogen (secondary N) is 1. The summed E-state index contributed by atoms with van der Waals surface area (Å²) in [7, 11) is 0. The number of hydrogen-bond acceptors (Lipinski definition) is 2. The van der Waals surface area contributed by atoms with Crippen LogP contribution in [-0.4, -0.2) is 4.98 Å². The number of nitrogens with zero attached hydrogens (tertiary/aromatic N) is 1. The van der Waals surface area contributed by atoms with Gasteiger partial charge >= 0.3 is 0 Å². The molecule has 0 aliphatic carbocycles. The van der Waals surface area contributed by atoms with Gasteiger partial charge < -0.3 is 5.32 Å². The third-order valence-corrected chi connectivity index (χ3v) is 3.03. The fraction of sp³-hybridized carbons (Fsp3) is 0. The molecule has 17 heavy (non-hydrogen) atoms. The van der Waals surface area contributed by atoms with E-state index in [1.54, 1.807) is 24.4 Å². The summed E-state index contributed by atoms with van der Waals surface area (Å²) in [6, 6.07) is 6.33. The zero-order chi connectivity index (χ0) is 12.4. The zero-order valence-electron chi connectivity index (χ0n) is 8.35. The first-order chi connectivity index (χ1) is 8.08. The van der Waals surface area contributed by atoms with Crippen molar-refractivity contribution in [3.8, 4) is 0 Å². The molecule has 0 aliphatic heterocycles. The Morgan fingerprint density at radius 2 is 2.00 bits per heavy atom. The van der Waals surface area contributed by atoms with Crippen LogP contribution in [0.2, 0.25) is 10.0 Å². The quantitative estimate of drug-likeness (QED) is 0.832. The number of rotatable bonds is 2. The van der Waals surface area contributed by atoms with Crippen molar-refractivity contribution in [3.05, 3.63) is 50.8 Å². The number of pyridine rings is 1. The van der Waals surface area contributed by atoms with Crippen molar-refractivity contribution in [1.29, 1.82) is 0 Å². The molecule has 0 atom stereocenters. The molecule has 2 rings (SSSR count). The minimum absolute atomic E-state index is 0.0447. The second-order valence-electron chi connectivity index (χ2n) is 3.21. The van der Waals surface area contributed by atoms with Crippen LogP contribution in [0.25, 0.3) is 0 Å². The van der Waals surface area contributed by atoms with Crippen molar-refractivity contribution in [3.63, 3.8) is 0 Å². The Balaban J connectivity index is 2.35. The largest absolute Gasteiger partial charge is 0.337 e. The smallest absolute Gasteiger partial charge is 0.165 e. The summed E-state index contributed by atoms with van der Waals surface area (Å²) in [5.74, 6) is -0.161. The van der Waals surface area contributed by atoms with Crippen LogP contribution >= 0.6 is 39.1 Å². The highest BCUT2D eigenvalue weighted by Crippen LogP contribution is 2.29. The summed E-state index contributed by atoms with van der Waals surface area (Å²) in [4.78, 5) is 4.04. The Bertz CT molecular complexity index is 563. The molecule has 88 valence electrons. The zero-order valence-corrected chi connectivity index (χ0v) is 11.4. The van der Waals surface area contributed by atoms with E-state index in [4.69, 9.17) is 23.2 Å². The van der Waals surface area contributed by atoms with Crippen LogP contribution in [0.5, 0.6) is 0 Å². The van der Waals surface area contributed by atoms with Gasteiger partial charge in [-0.1, -0.05) is 29.3 Å². The lowest BCUT2D eigenvalue weighted by atomic mass is 10.3. The number of benzene rings is 1. The standard InChI is InChI=1S/C11H6BrCl2FN2/c12-6-4-8(14)11(16-5-6)17-9-3-1-2-7(13)10(9)15/h1-5H,(H,16,17). The molecule has 0 radical (unpaired) electrons. The average Bonchev–Trinajstić information content (AvgIpc) is 2.28. The Morgan fingerprint density at radius 1 is 1.24 bits per heavy atom. The molecule has 1 aromatic heterocycles. The van der Waals surface area contributed by atoms with Crippen LogP contribution in [0.4, 0.5) is 15.9 Å². The van der Waals surface area contributed by atoms with Crippen LogP contribution in [0.3, 0.4) is 0 Å². The molecular weight excluding hydrogens is 330 g/mol. The van der Waals surface area contributed by atoms with Gasteiger partial charge in [-0.25, -0.2) is 9.37 Å². The molecule has 6 heteroatoms. The molecule has 0 saturated carbocycles. The second kappa shape index (κ2) is 5.21. The van der Waals surface area contributed by atoms with Gasteiger partial charge in [0, 0.05) is 10.7 Å². The van der Waals surface area contributed by atoms with Crippen molar-refractivity contribution in [1.82, 2.24) is 4.98 Å². The molecule has 0 bridgehead atoms. The molecule has 2 nitrogen and oxygen atoms in total. The van der Waals surface area contributed by atoms with Gasteiger partial charge in [0.1, 0.15) is 5.82 Å². The third kappa shape index (κ3) is 2.89. The fourth-order valence-corrected chi connectivity index (χ4v) is 2.09. The van der Waals surface area contributed by atoms with Crippen molar-refractivity contribution in [2.45, 2.75) is 0 Å². The van der Waals surface area contributed by atoms with Gasteiger partial charge in [-0.15, -0.1) is 0 Å². The van der Waals surface area contributed by atoms with Crippen LogP contribution in [0.1, 0.15) is 0 Å². The topological polar surface area (TPSA) is 24.9 Å². The van der Waals surface area contributed by atoms with E-state index in [1.807, 2.05) is 0 Å². The molecule has 0 amide bonds. The summed E-state index contributed by atoms with van der Waals surface area (Å²) in [6.45, 7) is 0. The van der Waals surface area contributed by atoms with Gasteiger partial charge in [-0.3, -0.25) is 0 Å². The molecule has 1 aromatic carbocycles. The van der Waals surface area contributed by atoms with E-state index in [1.165, 1.54) is 6.07 Å². The Hall–Kier alpha value is -0.840. The van der Waals surface area contributed by atoms with Crippen molar-refractivity contribution in [2.75, 3.05) is 5.32 Å². The summed E-state index contributed by atoms with van der Waals surface area (Å²) < 4.78 is 14.4. The number of aromatic nitrogens is 1. The molecule has 1 heterocycles. The van der Waals surface area contributed by atoms with Crippen LogP contribution in [-0.2, 0) is 0 Å². The summed E-state index contributed by atoms with van der Waals surface area (Å²) in [5.41, 5.74) is 0.231. The maximum absolute atomic E-state index is 13.6. The van der Waals surface area contributed by atoms with Crippen molar-refractivity contribution < 1.29 is 4.39 Å². The minimum atomic E-state index is -0.532. The highest BCUT2D eigenvalue weighted by atomic mass is 79.9. The second-order valence-corrected chi connectivity index (χ2v) is 4.94. The van der Waals surface area contributed by atoms with E-state index in [9.17, 15) is 4.39 Å². The molecule has 0 spiro atoms. The lowest BCUT2D eigenvalue weighted by molar-refractivity contribution is 0.632. The van der Waals surface area contributed by atoms with Crippen molar-refractivity contribution in [2.24, 2.45) is 0 Å². The predicted molar refractivity (Wildman–Crippen MR) is 71.6 cm³/mol. The molecule has 0 aliphatic rings. The first kappa shape index (κ1) is 12.6. The van der Waals surface area contributed by atoms with Gasteiger partial charge in [0.2, 0.25) is 0 Å². The van der Waals surface area contributed by atoms with Crippen molar-refractivity contribution >= 4 is 50.6 Å². The molecule has 1 N–H and O–H groups in total. The highest BCUT2D eigenvalue weighted by Gasteiger charge is 2.09. The van der Waals surface area contributed by atoms with Crippen LogP contribution < -0.4 is 5.32 Å². The lowest BCUT2D eigenvalue weighted by Gasteiger charge is -2.09. The van der Waals surface area contributed by atoms with E-state index >= 15 is 0 Å². The molecule has 0 saturated heterocycles. The number of anilines is 2. The Kier molecular flexibility index (Phi) is 3.86. The van der Waals surface area contributed by atoms with E-state index < -0.39 is 5.82 Å². The van der Waals surface area contributed by atoms with E-state index in [0.717, 1.165) is 4.47 Å². The van der Waals surface area contributed by atoms with E-state index in [2.05, 4.69) is 26.2 Å². The summed E-state index contributed by atoms with van der Waals surface area (Å²) >= 11 is 14.9. The van der Waals surface area contributed by atoms with Gasteiger partial charge in [-0.05, 0) is 34.1 Å². The summed E-state index contributed by atoms with van der Waals surface area (Å²) in [6.07, 6.45) is 1.57. The third-order valence-electron chi connectivity index (χ3n) is 2.01. The maximum atomic E-state index is 13.6. The SMILES string of the molecule is Fc1c(Cl)cccc1Nc1ncc(Br)cc1Cl. The van der Waals surface area contributed by atoms with E-state index in [-0.39, 0.29) is 10.7 Å². The number of hydrogen-bond donors (Lipinski definition) is 1. The first-order valence-corrected chi connectivity index (χ1v) is 6.15. The van der Waals surface area contributed by atoms with Crippen LogP contribution in [0, 0.1) is 5.82 Å². The number of halogens is 4. The average molecular weight is 336 g/mol. The van der Waals surface area contributed by atoms with Gasteiger partial charge in [0.15, 0.2) is 5.82 Å². The van der Waals surface area contributed by atoms with Gasteiger partial charge in [-0.2, -0.15) is 0 Å². The fourth-order valence-electron chi connectivity index (χ4n) is 1.23. The lowest BCUT2D eigenvalue weighted by Crippen LogP contribution is -1.97. The normalized spacial score (nSPS) is 10.4. The molecule has 0 fully saturated rings. The summed E-state index contributed by atoms with van der Waals surface area (Å²) in [5, 5.41) is 3.22.